The first-order chi connectivity index (χ1) is 4.73. The summed E-state index contributed by atoms with van der Waals surface area (Å²) in [5, 5.41) is 0. The number of hydrogen-bond acceptors (Lipinski definition) is 3. The van der Waals surface area contributed by atoms with Crippen molar-refractivity contribution >= 4 is 8.60 Å². The van der Waals surface area contributed by atoms with Gasteiger partial charge in [-0.1, -0.05) is 0 Å². The third-order valence-corrected chi connectivity index (χ3v) is 0. The second-order valence-electron chi connectivity index (χ2n) is 0.224. The van der Waals surface area contributed by atoms with Crippen molar-refractivity contribution in [3.63, 3.8) is 0 Å². The van der Waals surface area contributed by atoms with Crippen molar-refractivity contribution in [2.24, 2.45) is 0 Å². The molecule has 0 saturated carbocycles. The van der Waals surface area contributed by atoms with Crippen LogP contribution in [0.15, 0.2) is 39.5 Å². The Bertz CT molecular complexity index is 34.5. The zero-order valence-corrected chi connectivity index (χ0v) is 6.81. The molecule has 10 heavy (non-hydrogen) atoms. The Morgan fingerprint density at radius 3 is 0.600 bits per heavy atom. The van der Waals surface area contributed by atoms with Gasteiger partial charge in [0.05, 0.1) is 0 Å². The molecule has 4 heteroatoms. The lowest BCUT2D eigenvalue weighted by Crippen LogP contribution is -2.18. The smallest absolute Gasteiger partial charge is 0.106 e. The van der Waals surface area contributed by atoms with E-state index in [0.29, 0.717) is 0 Å². The third kappa shape index (κ3) is 1450. The molecule has 0 atom stereocenters. The molecular formula is C6H12O3P-3. The fourth-order valence-corrected chi connectivity index (χ4v) is 0. The highest BCUT2D eigenvalue weighted by Gasteiger charge is 1.10. The van der Waals surface area contributed by atoms with Gasteiger partial charge in [0.15, 0.2) is 0 Å². The Labute approximate surface area is 63.7 Å². The van der Waals surface area contributed by atoms with Gasteiger partial charge in [0.25, 0.3) is 0 Å². The van der Waals surface area contributed by atoms with Gasteiger partial charge in [0.1, 0.15) is 0 Å². The van der Waals surface area contributed by atoms with Crippen LogP contribution in [0.3, 0.4) is 0 Å². The molecule has 0 radical (unpaired) electrons. The second kappa shape index (κ2) is 75.6. The van der Waals surface area contributed by atoms with E-state index in [-0.39, 0.29) is 0 Å². The molecule has 0 aromatic rings. The molecule has 0 aromatic carbocycles. The van der Waals surface area contributed by atoms with Crippen molar-refractivity contribution in [1.82, 2.24) is 0 Å². The van der Waals surface area contributed by atoms with E-state index >= 15 is 0 Å². The van der Waals surface area contributed by atoms with E-state index in [1.54, 1.807) is 0 Å². The molecule has 0 aliphatic carbocycles. The van der Waals surface area contributed by atoms with E-state index in [9.17, 15) is 0 Å². The lowest BCUT2D eigenvalue weighted by Gasteiger charge is -2.39. The molecule has 0 fully saturated rings. The van der Waals surface area contributed by atoms with Crippen molar-refractivity contribution in [3.8, 4) is 0 Å². The first-order valence-electron chi connectivity index (χ1n) is 2.05. The van der Waals surface area contributed by atoms with Crippen LogP contribution in [-0.4, -0.2) is 0 Å². The second-order valence-corrected chi connectivity index (χ2v) is 0.671. The average molecular weight is 163 g/mol. The van der Waals surface area contributed by atoms with Gasteiger partial charge in [-0.2, -0.15) is 0 Å². The molecule has 0 spiro atoms. The monoisotopic (exact) mass is 163 g/mol. The van der Waals surface area contributed by atoms with Gasteiger partial charge in [-0.3, -0.25) is 0 Å². The zero-order valence-electron chi connectivity index (χ0n) is 5.91. The van der Waals surface area contributed by atoms with Crippen LogP contribution in [-0.2, 0) is 0 Å². The van der Waals surface area contributed by atoms with Crippen molar-refractivity contribution < 1.29 is 14.7 Å². The van der Waals surface area contributed by atoms with Gasteiger partial charge in [-0.15, -0.1) is 39.5 Å². The molecule has 62 valence electrons. The average Bonchev–Trinajstić information content (AvgIpc) is 1.98. The van der Waals surface area contributed by atoms with Crippen molar-refractivity contribution in [1.29, 1.82) is 0 Å². The lowest BCUT2D eigenvalue weighted by atomic mass is 11.3. The van der Waals surface area contributed by atoms with Crippen molar-refractivity contribution in [3.05, 3.63) is 39.5 Å². The fraction of sp³-hybridized carbons (Fsp3) is 0. The van der Waals surface area contributed by atoms with Crippen LogP contribution in [0.2, 0.25) is 0 Å². The minimum Gasteiger partial charge on any atom is -0.854 e. The molecule has 0 aliphatic rings. The Morgan fingerprint density at radius 2 is 0.600 bits per heavy atom. The van der Waals surface area contributed by atoms with E-state index in [1.807, 2.05) is 0 Å². The largest absolute Gasteiger partial charge is 0.854 e. The van der Waals surface area contributed by atoms with E-state index in [2.05, 4.69) is 39.5 Å². The predicted molar refractivity (Wildman–Crippen MR) is 40.7 cm³/mol. The molecule has 0 N–H and O–H groups in total. The van der Waals surface area contributed by atoms with Crippen LogP contribution in [0.1, 0.15) is 0 Å². The summed E-state index contributed by atoms with van der Waals surface area (Å²) in [6, 6.07) is 0. The highest BCUT2D eigenvalue weighted by atomic mass is 31.2. The molecule has 0 heterocycles. The molecule has 0 bridgehead atoms. The molecule has 0 rings (SSSR count). The highest BCUT2D eigenvalue weighted by molar-refractivity contribution is 7.33. The quantitative estimate of drug-likeness (QED) is 0.363. The van der Waals surface area contributed by atoms with Gasteiger partial charge in [0, 0.05) is 0 Å². The van der Waals surface area contributed by atoms with E-state index in [4.69, 9.17) is 14.7 Å². The standard InChI is InChI=1S/3C2H4.O3P/c3*1-2;1-4(2)3/h3*1-2H2;/q;;;-3. The topological polar surface area (TPSA) is 69.2 Å². The maximum absolute atomic E-state index is 8.48. The first kappa shape index (κ1) is 22.7. The van der Waals surface area contributed by atoms with E-state index in [0.717, 1.165) is 0 Å². The SMILES string of the molecule is C=C.C=C.C=C.[O-]P([O-])[O-]. The molecule has 0 aliphatic heterocycles. The molecule has 0 amide bonds. The first-order valence-corrected chi connectivity index (χ1v) is 3.14. The highest BCUT2D eigenvalue weighted by Crippen LogP contribution is 1.85. The Kier molecular flexibility index (Phi) is 171. The van der Waals surface area contributed by atoms with E-state index in [1.165, 1.54) is 0 Å². The maximum Gasteiger partial charge on any atom is -0.106 e. The Hall–Kier alpha value is -0.470. The summed E-state index contributed by atoms with van der Waals surface area (Å²) >= 11 is 0. The molecule has 0 saturated heterocycles. The number of hydrogen-bond donors (Lipinski definition) is 0. The van der Waals surface area contributed by atoms with Gasteiger partial charge >= 0.3 is 0 Å². The van der Waals surface area contributed by atoms with Crippen LogP contribution in [0.5, 0.6) is 0 Å². The van der Waals surface area contributed by atoms with Crippen molar-refractivity contribution in [2.45, 2.75) is 0 Å². The van der Waals surface area contributed by atoms with E-state index < -0.39 is 8.60 Å². The van der Waals surface area contributed by atoms with Crippen LogP contribution in [0.4, 0.5) is 0 Å². The summed E-state index contributed by atoms with van der Waals surface area (Å²) in [7, 11) is -3.37. The summed E-state index contributed by atoms with van der Waals surface area (Å²) in [4.78, 5) is 25.4. The third-order valence-electron chi connectivity index (χ3n) is 0. The minimum atomic E-state index is -3.37. The Morgan fingerprint density at radius 1 is 0.600 bits per heavy atom. The maximum atomic E-state index is 8.48. The van der Waals surface area contributed by atoms with Crippen molar-refractivity contribution in [2.75, 3.05) is 0 Å². The summed E-state index contributed by atoms with van der Waals surface area (Å²) in [5.74, 6) is 0. The summed E-state index contributed by atoms with van der Waals surface area (Å²) in [6.07, 6.45) is 0. The van der Waals surface area contributed by atoms with Crippen LogP contribution in [0, 0.1) is 0 Å². The van der Waals surface area contributed by atoms with Gasteiger partial charge < -0.3 is 23.3 Å². The van der Waals surface area contributed by atoms with Crippen LogP contribution in [0.25, 0.3) is 0 Å². The summed E-state index contributed by atoms with van der Waals surface area (Å²) in [6.45, 7) is 18.0. The van der Waals surface area contributed by atoms with Gasteiger partial charge in [0.2, 0.25) is 0 Å². The summed E-state index contributed by atoms with van der Waals surface area (Å²) < 4.78 is 0. The molecule has 3 nitrogen and oxygen atoms in total. The van der Waals surface area contributed by atoms with Crippen LogP contribution >= 0.6 is 8.60 Å². The molecule has 0 unspecified atom stereocenters. The van der Waals surface area contributed by atoms with Gasteiger partial charge in [-0.05, 0) is 0 Å². The fourth-order valence-electron chi connectivity index (χ4n) is 0. The summed E-state index contributed by atoms with van der Waals surface area (Å²) in [5.41, 5.74) is 0. The lowest BCUT2D eigenvalue weighted by molar-refractivity contribution is -0.407. The normalized spacial score (nSPS) is 4.80. The number of rotatable bonds is 0. The van der Waals surface area contributed by atoms with Gasteiger partial charge in [-0.25, -0.2) is 0 Å². The molecular weight excluding hydrogens is 151 g/mol. The predicted octanol–water partition coefficient (Wildman–Crippen LogP) is -0.299. The molecule has 0 aromatic heterocycles. The van der Waals surface area contributed by atoms with Crippen LogP contribution < -0.4 is 14.7 Å². The Balaban J connectivity index is -0.0000000262. The minimum absolute atomic E-state index is 3.00. The zero-order chi connectivity index (χ0) is 9.58.